The van der Waals surface area contributed by atoms with Crippen LogP contribution in [0.15, 0.2) is 24.3 Å². The molecule has 1 aromatic rings. The zero-order chi connectivity index (χ0) is 15.8. The molecule has 0 aliphatic heterocycles. The van der Waals surface area contributed by atoms with Gasteiger partial charge >= 0.3 is 0 Å². The Morgan fingerprint density at radius 1 is 1.38 bits per heavy atom. The van der Waals surface area contributed by atoms with Gasteiger partial charge in [-0.2, -0.15) is 5.26 Å². The standard InChI is InChI=1S/C16H21N3O2/c1-4-12(2)18-16(21)9-10-19(13(3)20)15-8-6-5-7-14(15)11-17/h5-8,12H,4,9-10H2,1-3H3,(H,18,21). The van der Waals surface area contributed by atoms with Gasteiger partial charge in [0.1, 0.15) is 6.07 Å². The number of para-hydroxylation sites is 1. The van der Waals surface area contributed by atoms with Crippen LogP contribution < -0.4 is 10.2 Å². The number of carbonyl (C=O) groups excluding carboxylic acids is 2. The van der Waals surface area contributed by atoms with Crippen molar-refractivity contribution in [1.82, 2.24) is 5.32 Å². The summed E-state index contributed by atoms with van der Waals surface area (Å²) in [5.41, 5.74) is 0.971. The van der Waals surface area contributed by atoms with Gasteiger partial charge in [-0.15, -0.1) is 0 Å². The van der Waals surface area contributed by atoms with Crippen molar-refractivity contribution >= 4 is 17.5 Å². The van der Waals surface area contributed by atoms with Crippen LogP contribution in [-0.2, 0) is 9.59 Å². The molecule has 1 N–H and O–H groups in total. The molecule has 0 aliphatic carbocycles. The zero-order valence-corrected chi connectivity index (χ0v) is 12.7. The van der Waals surface area contributed by atoms with E-state index in [9.17, 15) is 9.59 Å². The van der Waals surface area contributed by atoms with Crippen LogP contribution in [0.4, 0.5) is 5.69 Å². The minimum atomic E-state index is -0.186. The molecule has 2 amide bonds. The molecule has 5 heteroatoms. The first kappa shape index (κ1) is 16.7. The molecule has 112 valence electrons. The summed E-state index contributed by atoms with van der Waals surface area (Å²) in [6.45, 7) is 5.62. The van der Waals surface area contributed by atoms with E-state index in [0.29, 0.717) is 11.3 Å². The van der Waals surface area contributed by atoms with Gasteiger partial charge in [0.15, 0.2) is 0 Å². The maximum Gasteiger partial charge on any atom is 0.223 e. The van der Waals surface area contributed by atoms with Crippen molar-refractivity contribution in [1.29, 1.82) is 5.26 Å². The van der Waals surface area contributed by atoms with Gasteiger partial charge in [-0.05, 0) is 25.5 Å². The molecule has 5 nitrogen and oxygen atoms in total. The Hall–Kier alpha value is -2.35. The normalized spacial score (nSPS) is 11.3. The second kappa shape index (κ2) is 8.05. The minimum absolute atomic E-state index is 0.0926. The Bertz CT molecular complexity index is 549. The zero-order valence-electron chi connectivity index (χ0n) is 12.7. The lowest BCUT2D eigenvalue weighted by Crippen LogP contribution is -2.37. The number of nitrogens with zero attached hydrogens (tertiary/aromatic N) is 2. The lowest BCUT2D eigenvalue weighted by molar-refractivity contribution is -0.121. The highest BCUT2D eigenvalue weighted by atomic mass is 16.2. The lowest BCUT2D eigenvalue weighted by atomic mass is 10.1. The fourth-order valence-corrected chi connectivity index (χ4v) is 1.91. The van der Waals surface area contributed by atoms with Gasteiger partial charge in [-0.1, -0.05) is 19.1 Å². The Morgan fingerprint density at radius 2 is 2.05 bits per heavy atom. The molecule has 1 rings (SSSR count). The number of anilines is 1. The predicted octanol–water partition coefficient (Wildman–Crippen LogP) is 2.22. The third-order valence-electron chi connectivity index (χ3n) is 3.28. The summed E-state index contributed by atoms with van der Waals surface area (Å²) < 4.78 is 0. The van der Waals surface area contributed by atoms with E-state index >= 15 is 0 Å². The number of nitrogens with one attached hydrogen (secondary N) is 1. The SMILES string of the molecule is CCC(C)NC(=O)CCN(C(C)=O)c1ccccc1C#N. The van der Waals surface area contributed by atoms with Crippen LogP contribution in [0.25, 0.3) is 0 Å². The second-order valence-electron chi connectivity index (χ2n) is 4.93. The molecule has 1 unspecified atom stereocenters. The molecular weight excluding hydrogens is 266 g/mol. The van der Waals surface area contributed by atoms with E-state index in [-0.39, 0.29) is 30.8 Å². The first-order valence-corrected chi connectivity index (χ1v) is 7.06. The topological polar surface area (TPSA) is 73.2 Å². The van der Waals surface area contributed by atoms with E-state index in [2.05, 4.69) is 11.4 Å². The molecular formula is C16H21N3O2. The smallest absolute Gasteiger partial charge is 0.223 e. The second-order valence-corrected chi connectivity index (χ2v) is 4.93. The molecule has 1 atom stereocenters. The van der Waals surface area contributed by atoms with Crippen LogP contribution in [0, 0.1) is 11.3 Å². The molecule has 0 spiro atoms. The molecule has 0 aromatic heterocycles. The quantitative estimate of drug-likeness (QED) is 0.871. The number of benzene rings is 1. The molecule has 21 heavy (non-hydrogen) atoms. The van der Waals surface area contributed by atoms with Crippen LogP contribution in [0.2, 0.25) is 0 Å². The molecule has 0 fully saturated rings. The van der Waals surface area contributed by atoms with E-state index in [1.807, 2.05) is 13.8 Å². The molecule has 0 saturated carbocycles. The number of rotatable bonds is 6. The summed E-state index contributed by atoms with van der Waals surface area (Å²) in [5, 5.41) is 12.0. The van der Waals surface area contributed by atoms with Crippen LogP contribution >= 0.6 is 0 Å². The fraction of sp³-hybridized carbons (Fsp3) is 0.438. The predicted molar refractivity (Wildman–Crippen MR) is 81.7 cm³/mol. The average molecular weight is 287 g/mol. The number of hydrogen-bond donors (Lipinski definition) is 1. The molecule has 0 radical (unpaired) electrons. The Labute approximate surface area is 125 Å². The maximum absolute atomic E-state index is 11.8. The summed E-state index contributed by atoms with van der Waals surface area (Å²) in [6.07, 6.45) is 1.07. The largest absolute Gasteiger partial charge is 0.354 e. The maximum atomic E-state index is 11.8. The molecule has 0 heterocycles. The van der Waals surface area contributed by atoms with Crippen molar-refractivity contribution in [3.63, 3.8) is 0 Å². The summed E-state index contributed by atoms with van der Waals surface area (Å²) in [7, 11) is 0. The van der Waals surface area contributed by atoms with Crippen molar-refractivity contribution in [2.75, 3.05) is 11.4 Å². The van der Waals surface area contributed by atoms with Gasteiger partial charge in [-0.25, -0.2) is 0 Å². The minimum Gasteiger partial charge on any atom is -0.354 e. The van der Waals surface area contributed by atoms with Crippen molar-refractivity contribution in [2.24, 2.45) is 0 Å². The molecule has 0 aliphatic rings. The van der Waals surface area contributed by atoms with Gasteiger partial charge in [0.25, 0.3) is 0 Å². The number of hydrogen-bond acceptors (Lipinski definition) is 3. The highest BCUT2D eigenvalue weighted by molar-refractivity contribution is 5.93. The van der Waals surface area contributed by atoms with Crippen LogP contribution in [0.3, 0.4) is 0 Å². The fourth-order valence-electron chi connectivity index (χ4n) is 1.91. The number of carbonyl (C=O) groups is 2. The molecule has 0 saturated heterocycles. The summed E-state index contributed by atoms with van der Waals surface area (Å²) in [5.74, 6) is -0.279. The highest BCUT2D eigenvalue weighted by Gasteiger charge is 2.16. The third-order valence-corrected chi connectivity index (χ3v) is 3.28. The molecule has 1 aromatic carbocycles. The van der Waals surface area contributed by atoms with Gasteiger partial charge < -0.3 is 10.2 Å². The van der Waals surface area contributed by atoms with Gasteiger partial charge in [0.2, 0.25) is 11.8 Å². The molecule has 0 bridgehead atoms. The van der Waals surface area contributed by atoms with Crippen molar-refractivity contribution in [3.05, 3.63) is 29.8 Å². The summed E-state index contributed by atoms with van der Waals surface area (Å²) in [6, 6.07) is 9.07. The lowest BCUT2D eigenvalue weighted by Gasteiger charge is -2.22. The Morgan fingerprint density at radius 3 is 2.62 bits per heavy atom. The van der Waals surface area contributed by atoms with E-state index < -0.39 is 0 Å². The van der Waals surface area contributed by atoms with Crippen LogP contribution in [0.5, 0.6) is 0 Å². The van der Waals surface area contributed by atoms with Crippen molar-refractivity contribution < 1.29 is 9.59 Å². The Balaban J connectivity index is 2.78. The van der Waals surface area contributed by atoms with E-state index in [1.54, 1.807) is 24.3 Å². The van der Waals surface area contributed by atoms with E-state index in [4.69, 9.17) is 5.26 Å². The van der Waals surface area contributed by atoms with Crippen LogP contribution in [-0.4, -0.2) is 24.4 Å². The van der Waals surface area contributed by atoms with Gasteiger partial charge in [0.05, 0.1) is 11.3 Å². The highest BCUT2D eigenvalue weighted by Crippen LogP contribution is 2.20. The summed E-state index contributed by atoms with van der Waals surface area (Å²) in [4.78, 5) is 25.1. The monoisotopic (exact) mass is 287 g/mol. The van der Waals surface area contributed by atoms with Crippen molar-refractivity contribution in [3.8, 4) is 6.07 Å². The van der Waals surface area contributed by atoms with Crippen LogP contribution in [0.1, 0.15) is 39.2 Å². The third kappa shape index (κ3) is 4.92. The average Bonchev–Trinajstić information content (AvgIpc) is 2.47. The van der Waals surface area contributed by atoms with Crippen molar-refractivity contribution in [2.45, 2.75) is 39.7 Å². The summed E-state index contributed by atoms with van der Waals surface area (Å²) >= 11 is 0. The van der Waals surface area contributed by atoms with Gasteiger partial charge in [0, 0.05) is 25.9 Å². The first-order valence-electron chi connectivity index (χ1n) is 7.06. The first-order chi connectivity index (χ1) is 9.99. The number of amides is 2. The van der Waals surface area contributed by atoms with Gasteiger partial charge in [-0.3, -0.25) is 9.59 Å². The van der Waals surface area contributed by atoms with E-state index in [0.717, 1.165) is 6.42 Å². The van der Waals surface area contributed by atoms with E-state index in [1.165, 1.54) is 11.8 Å². The number of nitriles is 1. The Kier molecular flexibility index (Phi) is 6.41.